The Hall–Kier alpha value is -1.55. The van der Waals surface area contributed by atoms with Gasteiger partial charge in [0.1, 0.15) is 5.75 Å². The summed E-state index contributed by atoms with van der Waals surface area (Å²) >= 11 is 0. The van der Waals surface area contributed by atoms with Gasteiger partial charge >= 0.3 is 0 Å². The number of nitrogens with one attached hydrogen (secondary N) is 2. The molecule has 1 aromatic rings. The average molecular weight is 260 g/mol. The first kappa shape index (κ1) is 12.5. The highest BCUT2D eigenvalue weighted by Gasteiger charge is 2.42. The summed E-state index contributed by atoms with van der Waals surface area (Å²) in [4.78, 5) is 12.2. The van der Waals surface area contributed by atoms with E-state index in [1.807, 2.05) is 31.2 Å². The first-order valence-corrected chi connectivity index (χ1v) is 7.06. The second-order valence-electron chi connectivity index (χ2n) is 5.34. The van der Waals surface area contributed by atoms with Crippen molar-refractivity contribution in [2.75, 3.05) is 11.9 Å². The lowest BCUT2D eigenvalue weighted by molar-refractivity contribution is -0.120. The van der Waals surface area contributed by atoms with Crippen LogP contribution in [0, 0.1) is 5.92 Å². The zero-order valence-corrected chi connectivity index (χ0v) is 11.2. The van der Waals surface area contributed by atoms with E-state index in [-0.39, 0.29) is 11.8 Å². The maximum atomic E-state index is 12.2. The Labute approximate surface area is 113 Å². The van der Waals surface area contributed by atoms with E-state index >= 15 is 0 Å². The van der Waals surface area contributed by atoms with Gasteiger partial charge in [-0.25, -0.2) is 0 Å². The summed E-state index contributed by atoms with van der Waals surface area (Å²) in [6, 6.07) is 8.50. The number of hydrogen-bond acceptors (Lipinski definition) is 3. The van der Waals surface area contributed by atoms with Crippen molar-refractivity contribution in [2.45, 2.75) is 38.3 Å². The molecule has 0 aromatic heterocycles. The molecule has 0 aliphatic carbocycles. The molecule has 4 heteroatoms. The van der Waals surface area contributed by atoms with Crippen LogP contribution in [-0.4, -0.2) is 24.6 Å². The smallest absolute Gasteiger partial charge is 0.229 e. The van der Waals surface area contributed by atoms with Crippen LogP contribution < -0.4 is 15.4 Å². The Kier molecular flexibility index (Phi) is 3.42. The van der Waals surface area contributed by atoms with Crippen molar-refractivity contribution in [3.8, 4) is 5.75 Å². The summed E-state index contributed by atoms with van der Waals surface area (Å²) in [6.45, 7) is 2.61. The molecule has 3 unspecified atom stereocenters. The molecule has 0 radical (unpaired) electrons. The van der Waals surface area contributed by atoms with Crippen LogP contribution in [0.3, 0.4) is 0 Å². The highest BCUT2D eigenvalue weighted by molar-refractivity contribution is 5.93. The number of amides is 1. The molecule has 1 amide bonds. The standard InChI is InChI=1S/C15H20N2O2/c1-2-19-12-6-3-10(4-7-12)17-15(18)13-9-11-5-8-14(13)16-11/h3-4,6-7,11,13-14,16H,2,5,8-9H2,1H3,(H,17,18). The SMILES string of the molecule is CCOc1ccc(NC(=O)C2CC3CCC2N3)cc1. The third kappa shape index (κ3) is 2.59. The molecular weight excluding hydrogens is 240 g/mol. The molecule has 3 atom stereocenters. The first-order valence-electron chi connectivity index (χ1n) is 7.06. The van der Waals surface area contributed by atoms with Crippen LogP contribution >= 0.6 is 0 Å². The molecule has 2 heterocycles. The Morgan fingerprint density at radius 2 is 2.16 bits per heavy atom. The molecule has 1 aromatic carbocycles. The topological polar surface area (TPSA) is 50.4 Å². The van der Waals surface area contributed by atoms with Gasteiger partial charge < -0.3 is 15.4 Å². The Bertz CT molecular complexity index is 458. The van der Waals surface area contributed by atoms with Gasteiger partial charge in [0, 0.05) is 17.8 Å². The van der Waals surface area contributed by atoms with E-state index in [4.69, 9.17) is 4.74 Å². The monoisotopic (exact) mass is 260 g/mol. The number of fused-ring (bicyclic) bond motifs is 2. The maximum Gasteiger partial charge on any atom is 0.229 e. The Balaban J connectivity index is 1.60. The number of carbonyl (C=O) groups is 1. The van der Waals surface area contributed by atoms with E-state index in [0.717, 1.165) is 24.3 Å². The molecule has 2 bridgehead atoms. The number of ether oxygens (including phenoxy) is 1. The van der Waals surface area contributed by atoms with Crippen LogP contribution in [0.4, 0.5) is 5.69 Å². The molecule has 4 nitrogen and oxygen atoms in total. The molecule has 0 spiro atoms. The first-order chi connectivity index (χ1) is 9.26. The molecular formula is C15H20N2O2. The Morgan fingerprint density at radius 3 is 2.74 bits per heavy atom. The highest BCUT2D eigenvalue weighted by atomic mass is 16.5. The third-order valence-electron chi connectivity index (χ3n) is 4.07. The van der Waals surface area contributed by atoms with E-state index in [1.54, 1.807) is 0 Å². The fraction of sp³-hybridized carbons (Fsp3) is 0.533. The normalized spacial score (nSPS) is 28.4. The van der Waals surface area contributed by atoms with Crippen molar-refractivity contribution in [2.24, 2.45) is 5.92 Å². The van der Waals surface area contributed by atoms with Crippen molar-refractivity contribution in [1.29, 1.82) is 0 Å². The second-order valence-corrected chi connectivity index (χ2v) is 5.34. The molecule has 3 rings (SSSR count). The summed E-state index contributed by atoms with van der Waals surface area (Å²) in [5, 5.41) is 6.49. The van der Waals surface area contributed by atoms with E-state index in [2.05, 4.69) is 10.6 Å². The quantitative estimate of drug-likeness (QED) is 0.872. The molecule has 2 N–H and O–H groups in total. The van der Waals surface area contributed by atoms with Gasteiger partial charge in [0.05, 0.1) is 12.5 Å². The van der Waals surface area contributed by atoms with Gasteiger partial charge in [-0.2, -0.15) is 0 Å². The van der Waals surface area contributed by atoms with Gasteiger partial charge in [-0.15, -0.1) is 0 Å². The van der Waals surface area contributed by atoms with Gasteiger partial charge in [0.15, 0.2) is 0 Å². The summed E-state index contributed by atoms with van der Waals surface area (Å²) in [6.07, 6.45) is 3.33. The highest BCUT2D eigenvalue weighted by Crippen LogP contribution is 2.33. The zero-order valence-electron chi connectivity index (χ0n) is 11.2. The minimum Gasteiger partial charge on any atom is -0.494 e. The lowest BCUT2D eigenvalue weighted by Crippen LogP contribution is -2.32. The molecule has 2 fully saturated rings. The number of rotatable bonds is 4. The van der Waals surface area contributed by atoms with Gasteiger partial charge in [0.25, 0.3) is 0 Å². The van der Waals surface area contributed by atoms with E-state index in [9.17, 15) is 4.79 Å². The molecule has 2 saturated heterocycles. The van der Waals surface area contributed by atoms with Crippen molar-refractivity contribution in [3.63, 3.8) is 0 Å². The van der Waals surface area contributed by atoms with Crippen molar-refractivity contribution in [1.82, 2.24) is 5.32 Å². The van der Waals surface area contributed by atoms with Crippen LogP contribution in [-0.2, 0) is 4.79 Å². The molecule has 2 aliphatic rings. The fourth-order valence-electron chi connectivity index (χ4n) is 3.15. The predicted molar refractivity (Wildman–Crippen MR) is 74.3 cm³/mol. The van der Waals surface area contributed by atoms with Crippen molar-refractivity contribution < 1.29 is 9.53 Å². The van der Waals surface area contributed by atoms with Crippen LogP contribution in [0.2, 0.25) is 0 Å². The van der Waals surface area contributed by atoms with Crippen LogP contribution in [0.15, 0.2) is 24.3 Å². The number of hydrogen-bond donors (Lipinski definition) is 2. The lowest BCUT2D eigenvalue weighted by Gasteiger charge is -2.19. The minimum atomic E-state index is 0.130. The lowest BCUT2D eigenvalue weighted by atomic mass is 9.88. The van der Waals surface area contributed by atoms with Gasteiger partial charge in [0.2, 0.25) is 5.91 Å². The molecule has 102 valence electrons. The van der Waals surface area contributed by atoms with Crippen molar-refractivity contribution in [3.05, 3.63) is 24.3 Å². The summed E-state index contributed by atoms with van der Waals surface area (Å²) < 4.78 is 5.38. The number of benzene rings is 1. The van der Waals surface area contributed by atoms with Crippen LogP contribution in [0.25, 0.3) is 0 Å². The van der Waals surface area contributed by atoms with E-state index < -0.39 is 0 Å². The molecule has 2 aliphatic heterocycles. The largest absolute Gasteiger partial charge is 0.494 e. The minimum absolute atomic E-state index is 0.130. The van der Waals surface area contributed by atoms with Gasteiger partial charge in [-0.05, 0) is 50.5 Å². The number of carbonyl (C=O) groups excluding carboxylic acids is 1. The van der Waals surface area contributed by atoms with Crippen LogP contribution in [0.5, 0.6) is 5.75 Å². The average Bonchev–Trinajstić information content (AvgIpc) is 3.04. The van der Waals surface area contributed by atoms with E-state index in [0.29, 0.717) is 18.7 Å². The summed E-state index contributed by atoms with van der Waals surface area (Å²) in [5.41, 5.74) is 0.844. The zero-order chi connectivity index (χ0) is 13.2. The maximum absolute atomic E-state index is 12.2. The fourth-order valence-corrected chi connectivity index (χ4v) is 3.15. The van der Waals surface area contributed by atoms with E-state index in [1.165, 1.54) is 6.42 Å². The van der Waals surface area contributed by atoms with Gasteiger partial charge in [-0.3, -0.25) is 4.79 Å². The van der Waals surface area contributed by atoms with Crippen molar-refractivity contribution >= 4 is 11.6 Å². The number of anilines is 1. The Morgan fingerprint density at radius 1 is 1.37 bits per heavy atom. The summed E-state index contributed by atoms with van der Waals surface area (Å²) in [5.74, 6) is 1.11. The second kappa shape index (κ2) is 5.21. The van der Waals surface area contributed by atoms with Crippen LogP contribution in [0.1, 0.15) is 26.2 Å². The third-order valence-corrected chi connectivity index (χ3v) is 4.07. The predicted octanol–water partition coefficient (Wildman–Crippen LogP) is 2.16. The molecule has 0 saturated carbocycles. The molecule has 19 heavy (non-hydrogen) atoms. The van der Waals surface area contributed by atoms with Gasteiger partial charge in [-0.1, -0.05) is 0 Å². The summed E-state index contributed by atoms with van der Waals surface area (Å²) in [7, 11) is 0.